The van der Waals surface area contributed by atoms with Crippen molar-refractivity contribution in [1.29, 1.82) is 0 Å². The van der Waals surface area contributed by atoms with E-state index in [2.05, 4.69) is 12.2 Å². The first-order valence-corrected chi connectivity index (χ1v) is 6.90. The van der Waals surface area contributed by atoms with Gasteiger partial charge in [-0.1, -0.05) is 31.9 Å². The average Bonchev–Trinajstić information content (AvgIpc) is 2.89. The van der Waals surface area contributed by atoms with Gasteiger partial charge in [0.1, 0.15) is 5.82 Å². The van der Waals surface area contributed by atoms with E-state index in [1.807, 2.05) is 0 Å². The van der Waals surface area contributed by atoms with Gasteiger partial charge in [0.25, 0.3) is 0 Å². The van der Waals surface area contributed by atoms with E-state index in [1.54, 1.807) is 12.1 Å². The number of hydrogen-bond acceptors (Lipinski definition) is 2. The first-order chi connectivity index (χ1) is 8.70. The molecular formula is C15H22FNO. The van der Waals surface area contributed by atoms with Crippen molar-refractivity contribution >= 4 is 0 Å². The van der Waals surface area contributed by atoms with Gasteiger partial charge in [-0.3, -0.25) is 0 Å². The van der Waals surface area contributed by atoms with Crippen LogP contribution in [0.15, 0.2) is 24.3 Å². The van der Waals surface area contributed by atoms with E-state index < -0.39 is 6.10 Å². The summed E-state index contributed by atoms with van der Waals surface area (Å²) in [5.41, 5.74) is 0.786. The number of rotatable bonds is 5. The van der Waals surface area contributed by atoms with E-state index in [0.29, 0.717) is 6.04 Å². The fourth-order valence-electron chi connectivity index (χ4n) is 2.72. The summed E-state index contributed by atoms with van der Waals surface area (Å²) in [7, 11) is 0. The SMILES string of the molecule is CCC(NC1CCCC1)C(O)c1ccc(F)cc1. The molecule has 18 heavy (non-hydrogen) atoms. The van der Waals surface area contributed by atoms with Gasteiger partial charge in [0.2, 0.25) is 0 Å². The van der Waals surface area contributed by atoms with Crippen molar-refractivity contribution in [2.45, 2.75) is 57.2 Å². The maximum absolute atomic E-state index is 12.9. The van der Waals surface area contributed by atoms with Gasteiger partial charge in [0.15, 0.2) is 0 Å². The van der Waals surface area contributed by atoms with E-state index in [0.717, 1.165) is 12.0 Å². The first kappa shape index (κ1) is 13.5. The third-order valence-corrected chi connectivity index (χ3v) is 3.84. The lowest BCUT2D eigenvalue weighted by molar-refractivity contribution is 0.119. The van der Waals surface area contributed by atoms with E-state index in [-0.39, 0.29) is 11.9 Å². The van der Waals surface area contributed by atoms with Crippen LogP contribution in [0.1, 0.15) is 50.7 Å². The topological polar surface area (TPSA) is 32.3 Å². The molecule has 0 bridgehead atoms. The zero-order valence-corrected chi connectivity index (χ0v) is 10.9. The molecule has 2 rings (SSSR count). The Morgan fingerprint density at radius 1 is 1.28 bits per heavy atom. The van der Waals surface area contributed by atoms with Crippen LogP contribution in [-0.4, -0.2) is 17.2 Å². The zero-order valence-electron chi connectivity index (χ0n) is 10.9. The predicted molar refractivity (Wildman–Crippen MR) is 70.8 cm³/mol. The molecule has 0 aliphatic heterocycles. The Labute approximate surface area is 108 Å². The van der Waals surface area contributed by atoms with Gasteiger partial charge in [0.05, 0.1) is 6.10 Å². The van der Waals surface area contributed by atoms with Crippen LogP contribution in [0.2, 0.25) is 0 Å². The normalized spacial score (nSPS) is 19.9. The highest BCUT2D eigenvalue weighted by Gasteiger charge is 2.24. The molecule has 0 saturated heterocycles. The van der Waals surface area contributed by atoms with E-state index in [1.165, 1.54) is 37.8 Å². The summed E-state index contributed by atoms with van der Waals surface area (Å²) in [5, 5.41) is 13.9. The Morgan fingerprint density at radius 2 is 1.89 bits per heavy atom. The molecule has 2 N–H and O–H groups in total. The summed E-state index contributed by atoms with van der Waals surface area (Å²) in [5.74, 6) is -0.261. The molecule has 1 aliphatic rings. The molecule has 0 amide bonds. The Balaban J connectivity index is 1.99. The summed E-state index contributed by atoms with van der Waals surface area (Å²) >= 11 is 0. The average molecular weight is 251 g/mol. The zero-order chi connectivity index (χ0) is 13.0. The molecule has 0 aromatic heterocycles. The fraction of sp³-hybridized carbons (Fsp3) is 0.600. The van der Waals surface area contributed by atoms with Gasteiger partial charge in [-0.05, 0) is 37.0 Å². The number of halogens is 1. The van der Waals surface area contributed by atoms with Crippen LogP contribution in [-0.2, 0) is 0 Å². The largest absolute Gasteiger partial charge is 0.387 e. The molecule has 1 fully saturated rings. The fourth-order valence-corrected chi connectivity index (χ4v) is 2.72. The second-order valence-electron chi connectivity index (χ2n) is 5.16. The first-order valence-electron chi connectivity index (χ1n) is 6.90. The molecule has 2 atom stereocenters. The third-order valence-electron chi connectivity index (χ3n) is 3.84. The van der Waals surface area contributed by atoms with Crippen molar-refractivity contribution in [3.63, 3.8) is 0 Å². The molecule has 1 aromatic carbocycles. The lowest BCUT2D eigenvalue weighted by Crippen LogP contribution is -2.40. The third kappa shape index (κ3) is 3.30. The summed E-state index contributed by atoms with van der Waals surface area (Å²) in [4.78, 5) is 0. The summed E-state index contributed by atoms with van der Waals surface area (Å²) in [6.45, 7) is 2.07. The lowest BCUT2D eigenvalue weighted by atomic mass is 9.99. The van der Waals surface area contributed by atoms with Crippen molar-refractivity contribution in [3.8, 4) is 0 Å². The summed E-state index contributed by atoms with van der Waals surface area (Å²) in [6.07, 6.45) is 5.27. The monoisotopic (exact) mass is 251 g/mol. The molecule has 2 nitrogen and oxygen atoms in total. The van der Waals surface area contributed by atoms with Gasteiger partial charge < -0.3 is 10.4 Å². The Bertz CT molecular complexity index is 359. The van der Waals surface area contributed by atoms with Crippen LogP contribution < -0.4 is 5.32 Å². The number of nitrogens with one attached hydrogen (secondary N) is 1. The molecule has 1 aromatic rings. The van der Waals surface area contributed by atoms with Gasteiger partial charge in [0, 0.05) is 12.1 Å². The highest BCUT2D eigenvalue weighted by atomic mass is 19.1. The van der Waals surface area contributed by atoms with Crippen LogP contribution >= 0.6 is 0 Å². The Morgan fingerprint density at radius 3 is 2.44 bits per heavy atom. The van der Waals surface area contributed by atoms with E-state index >= 15 is 0 Å². The van der Waals surface area contributed by atoms with Crippen LogP contribution in [0.4, 0.5) is 4.39 Å². The van der Waals surface area contributed by atoms with Gasteiger partial charge in [-0.25, -0.2) is 4.39 Å². The maximum Gasteiger partial charge on any atom is 0.123 e. The summed E-state index contributed by atoms with van der Waals surface area (Å²) in [6, 6.07) is 6.73. The van der Waals surface area contributed by atoms with Gasteiger partial charge in [-0.15, -0.1) is 0 Å². The Kier molecular flexibility index (Phi) is 4.72. The predicted octanol–water partition coefficient (Wildman–Crippen LogP) is 3.17. The highest BCUT2D eigenvalue weighted by Crippen LogP contribution is 2.23. The number of aliphatic hydroxyl groups excluding tert-OH is 1. The lowest BCUT2D eigenvalue weighted by Gasteiger charge is -2.26. The van der Waals surface area contributed by atoms with Crippen LogP contribution in [0.5, 0.6) is 0 Å². The second kappa shape index (κ2) is 6.30. The summed E-state index contributed by atoms with van der Waals surface area (Å²) < 4.78 is 12.9. The highest BCUT2D eigenvalue weighted by molar-refractivity contribution is 5.20. The smallest absolute Gasteiger partial charge is 0.123 e. The van der Waals surface area contributed by atoms with Crippen molar-refractivity contribution in [2.24, 2.45) is 0 Å². The Hall–Kier alpha value is -0.930. The molecular weight excluding hydrogens is 229 g/mol. The minimum Gasteiger partial charge on any atom is -0.387 e. The van der Waals surface area contributed by atoms with Crippen LogP contribution in [0.3, 0.4) is 0 Å². The number of benzene rings is 1. The molecule has 0 spiro atoms. The molecule has 0 radical (unpaired) electrons. The van der Waals surface area contributed by atoms with Crippen molar-refractivity contribution in [1.82, 2.24) is 5.32 Å². The number of aliphatic hydroxyl groups is 1. The van der Waals surface area contributed by atoms with Crippen LogP contribution in [0.25, 0.3) is 0 Å². The van der Waals surface area contributed by atoms with E-state index in [9.17, 15) is 9.50 Å². The molecule has 3 heteroatoms. The molecule has 0 heterocycles. The number of hydrogen-bond donors (Lipinski definition) is 2. The second-order valence-corrected chi connectivity index (χ2v) is 5.16. The van der Waals surface area contributed by atoms with E-state index in [4.69, 9.17) is 0 Å². The minimum absolute atomic E-state index is 0.0542. The standard InChI is InChI=1S/C15H22FNO/c1-2-14(17-13-5-3-4-6-13)15(18)11-7-9-12(16)10-8-11/h7-10,13-15,17-18H,2-6H2,1H3. The molecule has 1 aliphatic carbocycles. The molecule has 2 unspecified atom stereocenters. The van der Waals surface area contributed by atoms with Crippen molar-refractivity contribution < 1.29 is 9.50 Å². The maximum atomic E-state index is 12.9. The van der Waals surface area contributed by atoms with Gasteiger partial charge in [-0.2, -0.15) is 0 Å². The minimum atomic E-state index is -0.559. The molecule has 1 saturated carbocycles. The molecule has 100 valence electrons. The van der Waals surface area contributed by atoms with Crippen LogP contribution in [0, 0.1) is 5.82 Å². The van der Waals surface area contributed by atoms with Crippen molar-refractivity contribution in [3.05, 3.63) is 35.6 Å². The van der Waals surface area contributed by atoms with Gasteiger partial charge >= 0.3 is 0 Å². The van der Waals surface area contributed by atoms with Crippen molar-refractivity contribution in [2.75, 3.05) is 0 Å². The quantitative estimate of drug-likeness (QED) is 0.842.